The Morgan fingerprint density at radius 3 is 2.81 bits per heavy atom. The third kappa shape index (κ3) is 2.27. The lowest BCUT2D eigenvalue weighted by molar-refractivity contribution is -0.133. The van der Waals surface area contributed by atoms with Gasteiger partial charge in [-0.3, -0.25) is 4.79 Å². The number of nitrogens with zero attached hydrogens (tertiary/aromatic N) is 1. The summed E-state index contributed by atoms with van der Waals surface area (Å²) in [6.45, 7) is 2.35. The zero-order valence-electron chi connectivity index (χ0n) is 12.2. The van der Waals surface area contributed by atoms with E-state index in [-0.39, 0.29) is 18.1 Å². The van der Waals surface area contributed by atoms with Gasteiger partial charge in [0.15, 0.2) is 0 Å². The molecule has 1 saturated carbocycles. The summed E-state index contributed by atoms with van der Waals surface area (Å²) >= 11 is 0. The molecule has 0 aromatic heterocycles. The predicted octanol–water partition coefficient (Wildman–Crippen LogP) is 0.930. The monoisotopic (exact) mass is 286 g/mol. The molecule has 0 spiro atoms. The SMILES string of the molecule is O=C([C@@H]1Cc2ccccc2CN1)N1CC2CCC(O)C2C1. The van der Waals surface area contributed by atoms with Crippen molar-refractivity contribution in [3.63, 3.8) is 0 Å². The number of fused-ring (bicyclic) bond motifs is 2. The molecule has 1 saturated heterocycles. The molecule has 112 valence electrons. The van der Waals surface area contributed by atoms with Gasteiger partial charge < -0.3 is 15.3 Å². The van der Waals surface area contributed by atoms with E-state index in [1.807, 2.05) is 17.0 Å². The quantitative estimate of drug-likeness (QED) is 0.807. The van der Waals surface area contributed by atoms with E-state index in [9.17, 15) is 9.90 Å². The first-order chi connectivity index (χ1) is 10.2. The van der Waals surface area contributed by atoms with Gasteiger partial charge in [0.1, 0.15) is 0 Å². The van der Waals surface area contributed by atoms with Gasteiger partial charge in [0.2, 0.25) is 5.91 Å². The molecule has 2 aliphatic heterocycles. The standard InChI is InChI=1S/C17H22N2O2/c20-16-6-5-13-9-19(10-14(13)16)17(21)15-7-11-3-1-2-4-12(11)8-18-15/h1-4,13-16,18,20H,5-10H2/t13?,14?,15-,16?/m0/s1. The van der Waals surface area contributed by atoms with Gasteiger partial charge in [-0.1, -0.05) is 24.3 Å². The van der Waals surface area contributed by atoms with Crippen molar-refractivity contribution in [1.82, 2.24) is 10.2 Å². The zero-order chi connectivity index (χ0) is 14.4. The molecular weight excluding hydrogens is 264 g/mol. The van der Waals surface area contributed by atoms with Crippen LogP contribution in [-0.2, 0) is 17.8 Å². The number of benzene rings is 1. The molecular formula is C17H22N2O2. The van der Waals surface area contributed by atoms with E-state index in [0.717, 1.165) is 38.9 Å². The Kier molecular flexibility index (Phi) is 3.23. The van der Waals surface area contributed by atoms with E-state index in [1.54, 1.807) is 0 Å². The fraction of sp³-hybridized carbons (Fsp3) is 0.588. The van der Waals surface area contributed by atoms with E-state index in [0.29, 0.717) is 11.8 Å². The maximum Gasteiger partial charge on any atom is 0.240 e. The zero-order valence-corrected chi connectivity index (χ0v) is 12.2. The van der Waals surface area contributed by atoms with Crippen molar-refractivity contribution in [2.45, 2.75) is 38.0 Å². The van der Waals surface area contributed by atoms with E-state index >= 15 is 0 Å². The van der Waals surface area contributed by atoms with Crippen LogP contribution in [0.25, 0.3) is 0 Å². The lowest BCUT2D eigenvalue weighted by atomic mass is 9.95. The van der Waals surface area contributed by atoms with E-state index in [1.165, 1.54) is 11.1 Å². The Labute approximate surface area is 125 Å². The van der Waals surface area contributed by atoms with Crippen LogP contribution in [0.4, 0.5) is 0 Å². The topological polar surface area (TPSA) is 52.6 Å². The molecule has 3 aliphatic rings. The number of rotatable bonds is 1. The maximum atomic E-state index is 12.7. The summed E-state index contributed by atoms with van der Waals surface area (Å²) in [5.74, 6) is 1.04. The summed E-state index contributed by atoms with van der Waals surface area (Å²) in [6, 6.07) is 8.24. The molecule has 1 aromatic rings. The fourth-order valence-corrected chi connectivity index (χ4v) is 4.27. The van der Waals surface area contributed by atoms with Crippen molar-refractivity contribution in [3.05, 3.63) is 35.4 Å². The van der Waals surface area contributed by atoms with Crippen molar-refractivity contribution < 1.29 is 9.90 Å². The highest BCUT2D eigenvalue weighted by Crippen LogP contribution is 2.38. The molecule has 2 heterocycles. The van der Waals surface area contributed by atoms with Crippen molar-refractivity contribution in [1.29, 1.82) is 0 Å². The first-order valence-electron chi connectivity index (χ1n) is 7.99. The van der Waals surface area contributed by atoms with Crippen LogP contribution in [0.5, 0.6) is 0 Å². The van der Waals surface area contributed by atoms with E-state index in [2.05, 4.69) is 17.4 Å². The predicted molar refractivity (Wildman–Crippen MR) is 79.6 cm³/mol. The molecule has 1 aliphatic carbocycles. The molecule has 4 atom stereocenters. The minimum Gasteiger partial charge on any atom is -0.393 e. The lowest BCUT2D eigenvalue weighted by Gasteiger charge is -2.29. The molecule has 21 heavy (non-hydrogen) atoms. The minimum absolute atomic E-state index is 0.101. The third-order valence-corrected chi connectivity index (χ3v) is 5.51. The van der Waals surface area contributed by atoms with Crippen LogP contribution in [-0.4, -0.2) is 41.1 Å². The first kappa shape index (κ1) is 13.3. The van der Waals surface area contributed by atoms with Gasteiger partial charge >= 0.3 is 0 Å². The molecule has 4 nitrogen and oxygen atoms in total. The Morgan fingerprint density at radius 1 is 1.19 bits per heavy atom. The summed E-state index contributed by atoms with van der Waals surface area (Å²) in [4.78, 5) is 14.7. The smallest absolute Gasteiger partial charge is 0.240 e. The Balaban J connectivity index is 1.45. The second-order valence-corrected chi connectivity index (χ2v) is 6.72. The number of amides is 1. The molecule has 3 unspecified atom stereocenters. The van der Waals surface area contributed by atoms with Crippen LogP contribution in [0.3, 0.4) is 0 Å². The lowest BCUT2D eigenvalue weighted by Crippen LogP contribution is -2.49. The summed E-state index contributed by atoms with van der Waals surface area (Å²) in [5, 5.41) is 13.4. The number of aliphatic hydroxyl groups excluding tert-OH is 1. The first-order valence-corrected chi connectivity index (χ1v) is 7.99. The maximum absolute atomic E-state index is 12.7. The molecule has 2 N–H and O–H groups in total. The number of hydrogen-bond acceptors (Lipinski definition) is 3. The second kappa shape index (κ2) is 5.11. The van der Waals surface area contributed by atoms with Gasteiger partial charge in [-0.05, 0) is 36.3 Å². The van der Waals surface area contributed by atoms with Gasteiger partial charge in [0.05, 0.1) is 12.1 Å². The van der Waals surface area contributed by atoms with Crippen LogP contribution in [0.2, 0.25) is 0 Å². The number of carbonyl (C=O) groups excluding carboxylic acids is 1. The summed E-state index contributed by atoms with van der Waals surface area (Å²) in [6.07, 6.45) is 2.56. The molecule has 1 amide bonds. The Bertz CT molecular complexity index is 559. The van der Waals surface area contributed by atoms with Crippen molar-refractivity contribution in [2.24, 2.45) is 11.8 Å². The van der Waals surface area contributed by atoms with Crippen molar-refractivity contribution in [3.8, 4) is 0 Å². The molecule has 0 radical (unpaired) electrons. The second-order valence-electron chi connectivity index (χ2n) is 6.72. The van der Waals surface area contributed by atoms with Crippen molar-refractivity contribution >= 4 is 5.91 Å². The Hall–Kier alpha value is -1.39. The molecule has 4 rings (SSSR count). The van der Waals surface area contributed by atoms with Gasteiger partial charge in [-0.15, -0.1) is 0 Å². The highest BCUT2D eigenvalue weighted by atomic mass is 16.3. The normalized spacial score (nSPS) is 34.6. The number of carbonyl (C=O) groups is 1. The summed E-state index contributed by atoms with van der Waals surface area (Å²) in [5.41, 5.74) is 2.59. The molecule has 2 fully saturated rings. The van der Waals surface area contributed by atoms with Crippen LogP contribution in [0.1, 0.15) is 24.0 Å². The average Bonchev–Trinajstić information content (AvgIpc) is 3.08. The Morgan fingerprint density at radius 2 is 2.00 bits per heavy atom. The van der Waals surface area contributed by atoms with Crippen LogP contribution in [0.15, 0.2) is 24.3 Å². The van der Waals surface area contributed by atoms with Gasteiger partial charge in [0, 0.05) is 25.6 Å². The van der Waals surface area contributed by atoms with Crippen LogP contribution >= 0.6 is 0 Å². The number of aliphatic hydroxyl groups is 1. The summed E-state index contributed by atoms with van der Waals surface area (Å²) < 4.78 is 0. The number of likely N-dealkylation sites (tertiary alicyclic amines) is 1. The van der Waals surface area contributed by atoms with Gasteiger partial charge in [-0.25, -0.2) is 0 Å². The molecule has 1 aromatic carbocycles. The van der Waals surface area contributed by atoms with Gasteiger partial charge in [-0.2, -0.15) is 0 Å². The highest BCUT2D eigenvalue weighted by Gasteiger charge is 2.44. The summed E-state index contributed by atoms with van der Waals surface area (Å²) in [7, 11) is 0. The van der Waals surface area contributed by atoms with E-state index < -0.39 is 0 Å². The highest BCUT2D eigenvalue weighted by molar-refractivity contribution is 5.83. The number of hydrogen-bond donors (Lipinski definition) is 2. The fourth-order valence-electron chi connectivity index (χ4n) is 4.27. The van der Waals surface area contributed by atoms with Gasteiger partial charge in [0.25, 0.3) is 0 Å². The minimum atomic E-state index is -0.201. The van der Waals surface area contributed by atoms with Crippen LogP contribution < -0.4 is 5.32 Å². The van der Waals surface area contributed by atoms with E-state index in [4.69, 9.17) is 0 Å². The largest absolute Gasteiger partial charge is 0.393 e. The third-order valence-electron chi connectivity index (χ3n) is 5.51. The molecule has 0 bridgehead atoms. The van der Waals surface area contributed by atoms with Crippen LogP contribution in [0, 0.1) is 11.8 Å². The average molecular weight is 286 g/mol. The number of nitrogens with one attached hydrogen (secondary N) is 1. The van der Waals surface area contributed by atoms with Crippen molar-refractivity contribution in [2.75, 3.05) is 13.1 Å². The molecule has 4 heteroatoms.